The zero-order valence-electron chi connectivity index (χ0n) is 14.9. The van der Waals surface area contributed by atoms with Crippen molar-refractivity contribution in [3.05, 3.63) is 11.6 Å². The summed E-state index contributed by atoms with van der Waals surface area (Å²) in [7, 11) is 0. The molecule has 0 heterocycles. The Hall–Kier alpha value is -0.990. The largest absolute Gasteiger partial charge is 0.296 e. The summed E-state index contributed by atoms with van der Waals surface area (Å²) < 4.78 is 13.0. The van der Waals surface area contributed by atoms with Crippen LogP contribution in [0.15, 0.2) is 11.6 Å². The van der Waals surface area contributed by atoms with Crippen molar-refractivity contribution in [2.75, 3.05) is 6.67 Å². The van der Waals surface area contributed by atoms with Gasteiger partial charge in [-0.2, -0.15) is 0 Å². The maximum atomic E-state index is 13.0. The molecule has 6 atom stereocenters. The summed E-state index contributed by atoms with van der Waals surface area (Å²) in [5, 5.41) is 0. The molecular weight excluding hydrogens is 303 g/mol. The summed E-state index contributed by atoms with van der Waals surface area (Å²) in [5.74, 6) is 1.93. The fourth-order valence-electron chi connectivity index (χ4n) is 7.18. The third-order valence-electron chi connectivity index (χ3n) is 8.48. The quantitative estimate of drug-likeness (QED) is 0.736. The van der Waals surface area contributed by atoms with Crippen molar-refractivity contribution in [2.45, 2.75) is 65.2 Å². The van der Waals surface area contributed by atoms with E-state index in [2.05, 4.69) is 13.8 Å². The Morgan fingerprint density at radius 2 is 1.92 bits per heavy atom. The highest BCUT2D eigenvalue weighted by Gasteiger charge is 2.59. The lowest BCUT2D eigenvalue weighted by Gasteiger charge is -2.58. The van der Waals surface area contributed by atoms with E-state index in [1.807, 2.05) is 6.08 Å². The van der Waals surface area contributed by atoms with Crippen LogP contribution in [-0.4, -0.2) is 18.2 Å². The Bertz CT molecular complexity index is 609. The number of ketones is 2. The predicted octanol–water partition coefficient (Wildman–Crippen LogP) is 4.67. The Labute approximate surface area is 144 Å². The summed E-state index contributed by atoms with van der Waals surface area (Å²) in [6.07, 6.45) is 9.96. The van der Waals surface area contributed by atoms with Crippen LogP contribution in [0.3, 0.4) is 0 Å². The molecule has 132 valence electrons. The van der Waals surface area contributed by atoms with E-state index < -0.39 is 6.67 Å². The average molecular weight is 332 g/mol. The molecule has 3 heteroatoms. The van der Waals surface area contributed by atoms with Gasteiger partial charge in [0.2, 0.25) is 0 Å². The average Bonchev–Trinajstić information content (AvgIpc) is 2.92. The van der Waals surface area contributed by atoms with Crippen molar-refractivity contribution in [1.29, 1.82) is 0 Å². The molecule has 0 N–H and O–H groups in total. The van der Waals surface area contributed by atoms with E-state index in [4.69, 9.17) is 0 Å². The fraction of sp³-hybridized carbons (Fsp3) is 0.810. The van der Waals surface area contributed by atoms with Gasteiger partial charge in [-0.1, -0.05) is 19.4 Å². The van der Waals surface area contributed by atoms with Crippen molar-refractivity contribution in [1.82, 2.24) is 0 Å². The molecule has 0 aliphatic heterocycles. The molecule has 24 heavy (non-hydrogen) atoms. The Balaban J connectivity index is 1.65. The Morgan fingerprint density at radius 1 is 1.12 bits per heavy atom. The highest BCUT2D eigenvalue weighted by molar-refractivity contribution is 5.91. The van der Waals surface area contributed by atoms with Crippen LogP contribution in [0.4, 0.5) is 4.39 Å². The second-order valence-electron chi connectivity index (χ2n) is 9.24. The highest BCUT2D eigenvalue weighted by atomic mass is 19.1. The third-order valence-corrected chi connectivity index (χ3v) is 8.48. The molecular formula is C21H29FO2. The zero-order valence-corrected chi connectivity index (χ0v) is 14.9. The number of hydrogen-bond donors (Lipinski definition) is 0. The van der Waals surface area contributed by atoms with Crippen LogP contribution in [0.2, 0.25) is 0 Å². The molecule has 0 aromatic carbocycles. The van der Waals surface area contributed by atoms with E-state index in [1.165, 1.54) is 5.57 Å². The Kier molecular flexibility index (Phi) is 3.78. The molecule has 0 radical (unpaired) electrons. The minimum Gasteiger partial charge on any atom is -0.296 e. The number of carbonyl (C=O) groups excluding carboxylic acids is 2. The van der Waals surface area contributed by atoms with E-state index in [9.17, 15) is 14.0 Å². The van der Waals surface area contributed by atoms with Crippen LogP contribution in [-0.2, 0) is 9.59 Å². The smallest absolute Gasteiger partial charge is 0.167 e. The number of hydrogen-bond acceptors (Lipinski definition) is 2. The van der Waals surface area contributed by atoms with Crippen molar-refractivity contribution in [2.24, 2.45) is 34.5 Å². The molecule has 3 saturated carbocycles. The first-order chi connectivity index (χ1) is 11.4. The number of halogens is 1. The molecule has 0 unspecified atom stereocenters. The molecule has 2 nitrogen and oxygen atoms in total. The van der Waals surface area contributed by atoms with Crippen LogP contribution in [0.1, 0.15) is 65.2 Å². The van der Waals surface area contributed by atoms with Gasteiger partial charge in [0.15, 0.2) is 11.6 Å². The fourth-order valence-corrected chi connectivity index (χ4v) is 7.18. The van der Waals surface area contributed by atoms with Gasteiger partial charge in [0.1, 0.15) is 6.67 Å². The standard InChI is InChI=1S/C21H29FO2/c1-20-9-7-14(23)11-13(20)3-4-15-16-5-6-18(19(24)12-22)21(16,2)10-8-17(15)20/h11,15-18H,3-10,12H2,1-2H3/t15-,16-,17-,18+,20-,21-/m0/s1. The van der Waals surface area contributed by atoms with Crippen LogP contribution < -0.4 is 0 Å². The van der Waals surface area contributed by atoms with Gasteiger partial charge in [-0.25, -0.2) is 4.39 Å². The molecule has 4 rings (SSSR count). The maximum absolute atomic E-state index is 13.0. The molecule has 4 aliphatic carbocycles. The first-order valence-corrected chi connectivity index (χ1v) is 9.72. The molecule has 0 amide bonds. The molecule has 0 aromatic rings. The first-order valence-electron chi connectivity index (χ1n) is 9.72. The van der Waals surface area contributed by atoms with E-state index in [-0.39, 0.29) is 22.5 Å². The summed E-state index contributed by atoms with van der Waals surface area (Å²) in [4.78, 5) is 24.0. The normalized spacial score (nSPS) is 47.5. The second-order valence-corrected chi connectivity index (χ2v) is 9.24. The minimum atomic E-state index is -0.798. The van der Waals surface area contributed by atoms with Gasteiger partial charge in [0, 0.05) is 12.3 Å². The molecule has 3 fully saturated rings. The molecule has 4 aliphatic rings. The summed E-state index contributed by atoms with van der Waals surface area (Å²) in [5.41, 5.74) is 1.57. The van der Waals surface area contributed by atoms with Crippen molar-refractivity contribution in [3.63, 3.8) is 0 Å². The van der Waals surface area contributed by atoms with Crippen LogP contribution in [0.5, 0.6) is 0 Å². The highest BCUT2D eigenvalue weighted by Crippen LogP contribution is 2.66. The van der Waals surface area contributed by atoms with Gasteiger partial charge < -0.3 is 0 Å². The topological polar surface area (TPSA) is 34.1 Å². The van der Waals surface area contributed by atoms with Crippen molar-refractivity contribution >= 4 is 11.6 Å². The van der Waals surface area contributed by atoms with Gasteiger partial charge in [-0.15, -0.1) is 0 Å². The lowest BCUT2D eigenvalue weighted by atomic mass is 9.46. The first kappa shape index (κ1) is 16.5. The Morgan fingerprint density at radius 3 is 2.67 bits per heavy atom. The van der Waals surface area contributed by atoms with E-state index >= 15 is 0 Å². The number of allylic oxidation sites excluding steroid dienone is 1. The third kappa shape index (κ3) is 2.12. The second kappa shape index (κ2) is 5.51. The van der Waals surface area contributed by atoms with Crippen LogP contribution in [0, 0.1) is 34.5 Å². The van der Waals surface area contributed by atoms with Gasteiger partial charge in [-0.3, -0.25) is 9.59 Å². The number of Topliss-reactive ketones (excluding diaryl/α,β-unsaturated/α-hetero) is 1. The lowest BCUT2D eigenvalue weighted by molar-refractivity contribution is -0.131. The minimum absolute atomic E-state index is 0.00635. The summed E-state index contributed by atoms with van der Waals surface area (Å²) in [6.45, 7) is 3.84. The van der Waals surface area contributed by atoms with Crippen molar-refractivity contribution < 1.29 is 14.0 Å². The van der Waals surface area contributed by atoms with Gasteiger partial charge in [0.25, 0.3) is 0 Å². The van der Waals surface area contributed by atoms with Crippen LogP contribution in [0.25, 0.3) is 0 Å². The molecule has 0 spiro atoms. The van der Waals surface area contributed by atoms with Gasteiger partial charge in [0.05, 0.1) is 0 Å². The lowest BCUT2D eigenvalue weighted by Crippen LogP contribution is -2.51. The predicted molar refractivity (Wildman–Crippen MR) is 91.2 cm³/mol. The van der Waals surface area contributed by atoms with Gasteiger partial charge >= 0.3 is 0 Å². The number of fused-ring (bicyclic) bond motifs is 5. The maximum Gasteiger partial charge on any atom is 0.167 e. The number of carbonyl (C=O) groups is 2. The van der Waals surface area contributed by atoms with E-state index in [1.54, 1.807) is 0 Å². The monoisotopic (exact) mass is 332 g/mol. The molecule has 0 aromatic heterocycles. The van der Waals surface area contributed by atoms with Gasteiger partial charge in [-0.05, 0) is 79.6 Å². The van der Waals surface area contributed by atoms with Crippen LogP contribution >= 0.6 is 0 Å². The van der Waals surface area contributed by atoms with Crippen molar-refractivity contribution in [3.8, 4) is 0 Å². The number of rotatable bonds is 2. The van der Waals surface area contributed by atoms with E-state index in [0.717, 1.165) is 44.9 Å². The molecule has 0 bridgehead atoms. The molecule has 0 saturated heterocycles. The summed E-state index contributed by atoms with van der Waals surface area (Å²) in [6, 6.07) is 0. The SMILES string of the molecule is C[C@]12CC[C@H]3[C@@H](CCC4=CC(=O)CC[C@@]43C)[C@@H]1CC[C@@H]2C(=O)CF. The van der Waals surface area contributed by atoms with E-state index in [0.29, 0.717) is 30.0 Å². The number of alkyl halides is 1. The zero-order chi connectivity index (χ0) is 17.1. The summed E-state index contributed by atoms with van der Waals surface area (Å²) >= 11 is 0.